The van der Waals surface area contributed by atoms with E-state index in [1.807, 2.05) is 47.8 Å². The Bertz CT molecular complexity index is 1290. The van der Waals surface area contributed by atoms with Gasteiger partial charge < -0.3 is 10.2 Å². The number of nitrogens with one attached hydrogen (secondary N) is 1. The van der Waals surface area contributed by atoms with E-state index < -0.39 is 0 Å². The van der Waals surface area contributed by atoms with Crippen LogP contribution >= 0.6 is 11.3 Å². The fraction of sp³-hybridized carbons (Fsp3) is 0.292. The summed E-state index contributed by atoms with van der Waals surface area (Å²) in [6.45, 7) is 2.21. The van der Waals surface area contributed by atoms with Crippen molar-refractivity contribution in [2.45, 2.75) is 39.2 Å². The maximum atomic E-state index is 12.1. The number of nitrogens with zero attached hydrogens (tertiary/aromatic N) is 7. The van der Waals surface area contributed by atoms with Crippen molar-refractivity contribution in [1.82, 2.24) is 30.2 Å². The van der Waals surface area contributed by atoms with Gasteiger partial charge in [-0.3, -0.25) is 4.79 Å². The molecule has 0 saturated heterocycles. The average molecular weight is 491 g/mol. The number of rotatable bonds is 11. The number of carbonyl (C=O) groups is 1. The van der Waals surface area contributed by atoms with Gasteiger partial charge in [0.25, 0.3) is 0 Å². The summed E-state index contributed by atoms with van der Waals surface area (Å²) in [4.78, 5) is 26.9. The van der Waals surface area contributed by atoms with E-state index in [9.17, 15) is 4.79 Å². The lowest BCUT2D eigenvalue weighted by atomic mass is 10.2. The van der Waals surface area contributed by atoms with Crippen LogP contribution in [-0.4, -0.2) is 41.8 Å². The molecule has 10 nitrogen and oxygen atoms in total. The molecule has 0 radical (unpaired) electrons. The highest BCUT2D eigenvalue weighted by molar-refractivity contribution is 7.13. The predicted octanol–water partition coefficient (Wildman–Crippen LogP) is 4.22. The van der Waals surface area contributed by atoms with E-state index in [1.54, 1.807) is 13.1 Å². The predicted molar refractivity (Wildman–Crippen MR) is 134 cm³/mol. The number of unbranched alkanes of at least 4 members (excludes halogenated alkanes) is 2. The molecule has 180 valence electrons. The molecule has 0 saturated carbocycles. The zero-order valence-electron chi connectivity index (χ0n) is 19.6. The molecular formula is C24H26N8O2S. The third-order valence-electron chi connectivity index (χ3n) is 5.05. The quantitative estimate of drug-likeness (QED) is 0.190. The smallest absolute Gasteiger partial charge is 0.225 e. The third-order valence-corrected chi connectivity index (χ3v) is 5.94. The molecule has 0 aliphatic rings. The van der Waals surface area contributed by atoms with E-state index in [2.05, 4.69) is 37.9 Å². The Labute approximate surface area is 207 Å². The first-order valence-electron chi connectivity index (χ1n) is 11.3. The lowest BCUT2D eigenvalue weighted by Gasteiger charge is -2.07. The molecule has 1 aromatic carbocycles. The molecule has 0 unspecified atom stereocenters. The molecule has 1 N–H and O–H groups in total. The van der Waals surface area contributed by atoms with Crippen LogP contribution in [0.5, 0.6) is 0 Å². The van der Waals surface area contributed by atoms with Crippen molar-refractivity contribution in [3.05, 3.63) is 71.1 Å². The Balaban J connectivity index is 1.48. The van der Waals surface area contributed by atoms with Crippen LogP contribution in [0.25, 0.3) is 10.6 Å². The summed E-state index contributed by atoms with van der Waals surface area (Å²) in [6, 6.07) is 15.3. The summed E-state index contributed by atoms with van der Waals surface area (Å²) in [5, 5.41) is 21.6. The highest BCUT2D eigenvalue weighted by Gasteiger charge is 2.19. The lowest BCUT2D eigenvalue weighted by molar-refractivity contribution is -0.116. The van der Waals surface area contributed by atoms with Crippen molar-refractivity contribution < 1.29 is 9.63 Å². The monoisotopic (exact) mass is 490 g/mol. The number of anilines is 1. The molecule has 4 rings (SSSR count). The second kappa shape index (κ2) is 11.9. The molecular weight excluding hydrogens is 464 g/mol. The van der Waals surface area contributed by atoms with Crippen molar-refractivity contribution >= 4 is 28.8 Å². The highest BCUT2D eigenvalue weighted by atomic mass is 32.1. The molecule has 11 heteroatoms. The minimum atomic E-state index is -0.0446. The van der Waals surface area contributed by atoms with Gasteiger partial charge in [-0.05, 0) is 29.0 Å². The molecule has 0 bridgehead atoms. The zero-order valence-corrected chi connectivity index (χ0v) is 20.4. The second-order valence-electron chi connectivity index (χ2n) is 7.76. The number of oxime groups is 1. The van der Waals surface area contributed by atoms with Crippen LogP contribution in [-0.2, 0) is 23.3 Å². The first-order valence-corrected chi connectivity index (χ1v) is 12.2. The van der Waals surface area contributed by atoms with E-state index in [4.69, 9.17) is 9.82 Å². The van der Waals surface area contributed by atoms with Gasteiger partial charge in [0.05, 0.1) is 5.69 Å². The van der Waals surface area contributed by atoms with Gasteiger partial charge in [0.1, 0.15) is 16.5 Å². The SMILES string of the molecule is CCCCCC(=O)Nc1cccc(CON=C(c2csc(-c3ccccc3)n2)c2nnnn2C)n1. The summed E-state index contributed by atoms with van der Waals surface area (Å²) >= 11 is 1.50. The highest BCUT2D eigenvalue weighted by Crippen LogP contribution is 2.24. The Morgan fingerprint density at radius 1 is 1.11 bits per heavy atom. The first kappa shape index (κ1) is 24.1. The number of hydrogen-bond donors (Lipinski definition) is 1. The minimum absolute atomic E-state index is 0.0446. The molecule has 0 fully saturated rings. The largest absolute Gasteiger partial charge is 0.389 e. The summed E-state index contributed by atoms with van der Waals surface area (Å²) in [5.41, 5.74) is 2.65. The van der Waals surface area contributed by atoms with Gasteiger partial charge in [-0.2, -0.15) is 0 Å². The van der Waals surface area contributed by atoms with Gasteiger partial charge in [0, 0.05) is 24.4 Å². The van der Waals surface area contributed by atoms with Crippen LogP contribution in [0.4, 0.5) is 5.82 Å². The van der Waals surface area contributed by atoms with Crippen molar-refractivity contribution in [3.63, 3.8) is 0 Å². The molecule has 35 heavy (non-hydrogen) atoms. The normalized spacial score (nSPS) is 11.4. The van der Waals surface area contributed by atoms with Crippen molar-refractivity contribution in [2.24, 2.45) is 12.2 Å². The van der Waals surface area contributed by atoms with Crippen molar-refractivity contribution in [3.8, 4) is 10.6 Å². The Hall–Kier alpha value is -3.99. The molecule has 0 atom stereocenters. The number of amides is 1. The maximum absolute atomic E-state index is 12.1. The van der Waals surface area contributed by atoms with Gasteiger partial charge in [0.15, 0.2) is 12.3 Å². The molecule has 0 aliphatic heterocycles. The number of aryl methyl sites for hydroxylation is 1. The van der Waals surface area contributed by atoms with Gasteiger partial charge in [-0.1, -0.05) is 61.3 Å². The van der Waals surface area contributed by atoms with Gasteiger partial charge in [-0.15, -0.1) is 16.4 Å². The topological polar surface area (TPSA) is 120 Å². The molecule has 0 spiro atoms. The van der Waals surface area contributed by atoms with Crippen molar-refractivity contribution in [1.29, 1.82) is 0 Å². The van der Waals surface area contributed by atoms with Crippen LogP contribution in [0, 0.1) is 0 Å². The van der Waals surface area contributed by atoms with Gasteiger partial charge in [-0.25, -0.2) is 14.6 Å². The number of carbonyl (C=O) groups excluding carboxylic acids is 1. The van der Waals surface area contributed by atoms with Gasteiger partial charge >= 0.3 is 0 Å². The lowest BCUT2D eigenvalue weighted by Crippen LogP contribution is -2.13. The number of hydrogen-bond acceptors (Lipinski definition) is 9. The maximum Gasteiger partial charge on any atom is 0.225 e. The van der Waals surface area contributed by atoms with Crippen LogP contribution in [0.15, 0.2) is 59.1 Å². The van der Waals surface area contributed by atoms with Crippen molar-refractivity contribution in [2.75, 3.05) is 5.32 Å². The second-order valence-corrected chi connectivity index (χ2v) is 8.62. The molecule has 3 aromatic heterocycles. The van der Waals surface area contributed by atoms with Crippen LogP contribution in [0.2, 0.25) is 0 Å². The zero-order chi connectivity index (χ0) is 24.5. The first-order chi connectivity index (χ1) is 17.1. The summed E-state index contributed by atoms with van der Waals surface area (Å²) in [7, 11) is 1.73. The van der Waals surface area contributed by atoms with Crippen LogP contribution < -0.4 is 5.32 Å². The van der Waals surface area contributed by atoms with E-state index in [-0.39, 0.29) is 12.5 Å². The summed E-state index contributed by atoms with van der Waals surface area (Å²) in [6.07, 6.45) is 3.44. The number of thiazole rings is 1. The molecule has 1 amide bonds. The summed E-state index contributed by atoms with van der Waals surface area (Å²) < 4.78 is 1.51. The van der Waals surface area contributed by atoms with Gasteiger partial charge in [0.2, 0.25) is 11.7 Å². The number of pyridine rings is 1. The fourth-order valence-electron chi connectivity index (χ4n) is 3.26. The minimum Gasteiger partial charge on any atom is -0.389 e. The molecule has 4 aromatic rings. The number of aromatic nitrogens is 6. The molecule has 3 heterocycles. The number of tetrazole rings is 1. The van der Waals surface area contributed by atoms with E-state index >= 15 is 0 Å². The van der Waals surface area contributed by atoms with Crippen LogP contribution in [0.3, 0.4) is 0 Å². The standard InChI is InChI=1S/C24H26N8O2S/c1-3-4-6-14-21(33)27-20-13-9-12-18(25-20)15-34-29-22(23-28-30-31-32(23)2)19-16-35-24(26-19)17-10-7-5-8-11-17/h5,7-13,16H,3-4,6,14-15H2,1-2H3,(H,25,27,33). The van der Waals surface area contributed by atoms with E-state index in [0.717, 1.165) is 29.8 Å². The van der Waals surface area contributed by atoms with E-state index in [0.29, 0.717) is 35.2 Å². The Kier molecular flexibility index (Phi) is 8.23. The Morgan fingerprint density at radius 2 is 1.97 bits per heavy atom. The summed E-state index contributed by atoms with van der Waals surface area (Å²) in [5.74, 6) is 0.870. The Morgan fingerprint density at radius 3 is 2.74 bits per heavy atom. The molecule has 0 aliphatic carbocycles. The fourth-order valence-corrected chi connectivity index (χ4v) is 4.07. The average Bonchev–Trinajstić information content (AvgIpc) is 3.52. The van der Waals surface area contributed by atoms with Crippen LogP contribution in [0.1, 0.15) is 49.8 Å². The number of benzene rings is 1. The van der Waals surface area contributed by atoms with E-state index in [1.165, 1.54) is 16.0 Å². The third kappa shape index (κ3) is 6.54.